The Hall–Kier alpha value is -1.10. The van der Waals surface area contributed by atoms with Crippen LogP contribution in [0.5, 0.6) is 0 Å². The molecule has 2 heterocycles. The van der Waals surface area contributed by atoms with Gasteiger partial charge in [0.1, 0.15) is 0 Å². The van der Waals surface area contributed by atoms with Gasteiger partial charge in [-0.2, -0.15) is 0 Å². The van der Waals surface area contributed by atoms with Gasteiger partial charge in [-0.25, -0.2) is 0 Å². The highest BCUT2D eigenvalue weighted by atomic mass is 16.5. The molecule has 2 rings (SSSR count). The van der Waals surface area contributed by atoms with Gasteiger partial charge in [0.25, 0.3) is 0 Å². The summed E-state index contributed by atoms with van der Waals surface area (Å²) in [5.41, 5.74) is 0. The van der Waals surface area contributed by atoms with Gasteiger partial charge >= 0.3 is 5.97 Å². The summed E-state index contributed by atoms with van der Waals surface area (Å²) in [7, 11) is 0. The molecule has 1 N–H and O–H groups in total. The van der Waals surface area contributed by atoms with Crippen LogP contribution in [0.4, 0.5) is 0 Å². The molecule has 90 valence electrons. The topological polar surface area (TPSA) is 66.8 Å². The molecule has 0 saturated carbocycles. The van der Waals surface area contributed by atoms with Gasteiger partial charge in [-0.1, -0.05) is 0 Å². The summed E-state index contributed by atoms with van der Waals surface area (Å²) in [6, 6.07) is -0.185. The zero-order valence-electron chi connectivity index (χ0n) is 9.39. The van der Waals surface area contributed by atoms with Crippen molar-refractivity contribution < 1.29 is 19.4 Å². The second kappa shape index (κ2) is 4.41. The monoisotopic (exact) mass is 227 g/mol. The van der Waals surface area contributed by atoms with E-state index in [9.17, 15) is 14.7 Å². The van der Waals surface area contributed by atoms with Crippen molar-refractivity contribution >= 4 is 11.9 Å². The Morgan fingerprint density at radius 3 is 2.94 bits per heavy atom. The summed E-state index contributed by atoms with van der Waals surface area (Å²) in [6.45, 7) is 2.58. The molecule has 2 fully saturated rings. The minimum absolute atomic E-state index is 0.185. The van der Waals surface area contributed by atoms with Crippen molar-refractivity contribution in [2.45, 2.75) is 38.3 Å². The van der Waals surface area contributed by atoms with E-state index < -0.39 is 18.0 Å². The second-order valence-corrected chi connectivity index (χ2v) is 4.32. The lowest BCUT2D eigenvalue weighted by atomic mass is 9.96. The van der Waals surface area contributed by atoms with Crippen molar-refractivity contribution in [2.75, 3.05) is 13.2 Å². The van der Waals surface area contributed by atoms with Crippen molar-refractivity contribution in [2.24, 2.45) is 5.92 Å². The molecule has 0 aromatic heterocycles. The highest BCUT2D eigenvalue weighted by molar-refractivity contribution is 6.00. The molecule has 2 saturated heterocycles. The number of amides is 1. The van der Waals surface area contributed by atoms with Gasteiger partial charge in [0.05, 0.1) is 18.8 Å². The van der Waals surface area contributed by atoms with Gasteiger partial charge in [0.2, 0.25) is 5.91 Å². The maximum absolute atomic E-state index is 11.9. The van der Waals surface area contributed by atoms with Crippen molar-refractivity contribution in [3.8, 4) is 0 Å². The smallest absolute Gasteiger partial charge is 0.321 e. The Balaban J connectivity index is 2.15. The Bertz CT molecular complexity index is 304. The largest absolute Gasteiger partial charge is 0.465 e. The number of ether oxygens (including phenoxy) is 1. The number of hydrogen-bond donors (Lipinski definition) is 1. The van der Waals surface area contributed by atoms with E-state index in [-0.39, 0.29) is 18.6 Å². The maximum atomic E-state index is 11.9. The molecular weight excluding hydrogens is 210 g/mol. The molecule has 3 atom stereocenters. The first-order valence-corrected chi connectivity index (χ1v) is 5.82. The normalized spacial score (nSPS) is 33.8. The summed E-state index contributed by atoms with van der Waals surface area (Å²) in [5.74, 6) is -1.85. The number of esters is 1. The first-order valence-electron chi connectivity index (χ1n) is 5.82. The lowest BCUT2D eigenvalue weighted by molar-refractivity contribution is -0.154. The van der Waals surface area contributed by atoms with E-state index in [1.165, 1.54) is 0 Å². The van der Waals surface area contributed by atoms with E-state index in [1.54, 1.807) is 11.8 Å². The van der Waals surface area contributed by atoms with Crippen molar-refractivity contribution in [3.63, 3.8) is 0 Å². The molecule has 2 aliphatic heterocycles. The van der Waals surface area contributed by atoms with Crippen LogP contribution in [-0.2, 0) is 14.3 Å². The molecule has 0 spiro atoms. The summed E-state index contributed by atoms with van der Waals surface area (Å²) in [4.78, 5) is 25.1. The van der Waals surface area contributed by atoms with Crippen LogP contribution in [0, 0.1) is 5.92 Å². The van der Waals surface area contributed by atoms with E-state index in [2.05, 4.69) is 0 Å². The fourth-order valence-corrected chi connectivity index (χ4v) is 2.61. The van der Waals surface area contributed by atoms with Crippen LogP contribution >= 0.6 is 0 Å². The Labute approximate surface area is 94.4 Å². The van der Waals surface area contributed by atoms with E-state index in [0.29, 0.717) is 6.54 Å². The summed E-state index contributed by atoms with van der Waals surface area (Å²) >= 11 is 0. The molecule has 5 heteroatoms. The van der Waals surface area contributed by atoms with Crippen LogP contribution in [0.25, 0.3) is 0 Å². The zero-order valence-corrected chi connectivity index (χ0v) is 9.39. The maximum Gasteiger partial charge on any atom is 0.321 e. The number of hydrogen-bond acceptors (Lipinski definition) is 4. The highest BCUT2D eigenvalue weighted by Gasteiger charge is 2.51. The third kappa shape index (κ3) is 1.69. The van der Waals surface area contributed by atoms with Gasteiger partial charge in [-0.05, 0) is 26.2 Å². The van der Waals surface area contributed by atoms with E-state index in [4.69, 9.17) is 4.74 Å². The number of piperidine rings is 1. The summed E-state index contributed by atoms with van der Waals surface area (Å²) < 4.78 is 4.83. The van der Waals surface area contributed by atoms with Crippen LogP contribution in [0.3, 0.4) is 0 Å². The Morgan fingerprint density at radius 2 is 2.31 bits per heavy atom. The number of fused-ring (bicyclic) bond motifs is 1. The minimum atomic E-state index is -0.997. The fraction of sp³-hybridized carbons (Fsp3) is 0.818. The van der Waals surface area contributed by atoms with Gasteiger partial charge < -0.3 is 14.7 Å². The molecule has 0 aliphatic carbocycles. The van der Waals surface area contributed by atoms with Gasteiger partial charge in [-0.15, -0.1) is 0 Å². The molecular formula is C11H17NO4. The van der Waals surface area contributed by atoms with Crippen LogP contribution in [0.15, 0.2) is 0 Å². The van der Waals surface area contributed by atoms with Crippen molar-refractivity contribution in [1.29, 1.82) is 0 Å². The lowest BCUT2D eigenvalue weighted by Gasteiger charge is -2.30. The van der Waals surface area contributed by atoms with E-state index >= 15 is 0 Å². The number of aliphatic hydroxyl groups excluding tert-OH is 1. The zero-order chi connectivity index (χ0) is 11.7. The van der Waals surface area contributed by atoms with Gasteiger partial charge in [-0.3, -0.25) is 9.59 Å². The standard InChI is InChI=1S/C11H17NO4/c1-2-16-11(15)8-9(13)7-5-3-4-6-12(7)10(8)14/h7-9,13H,2-6H2,1H3/t7-,8+,9-/m1/s1. The number of aliphatic hydroxyl groups is 1. The minimum Gasteiger partial charge on any atom is -0.465 e. The van der Waals surface area contributed by atoms with Gasteiger partial charge in [0, 0.05) is 6.54 Å². The number of rotatable bonds is 2. The second-order valence-electron chi connectivity index (χ2n) is 4.32. The first-order chi connectivity index (χ1) is 7.66. The fourth-order valence-electron chi connectivity index (χ4n) is 2.61. The molecule has 2 aliphatic rings. The SMILES string of the molecule is CCOC(=O)[C@@H]1C(=O)N2CCCC[C@@H]2[C@H]1O. The van der Waals surface area contributed by atoms with Crippen molar-refractivity contribution in [3.05, 3.63) is 0 Å². The third-order valence-electron chi connectivity index (χ3n) is 3.37. The summed E-state index contributed by atoms with van der Waals surface area (Å²) in [5, 5.41) is 9.99. The van der Waals surface area contributed by atoms with Crippen LogP contribution in [0.1, 0.15) is 26.2 Å². The van der Waals surface area contributed by atoms with Crippen molar-refractivity contribution in [1.82, 2.24) is 4.90 Å². The predicted molar refractivity (Wildman–Crippen MR) is 55.5 cm³/mol. The molecule has 16 heavy (non-hydrogen) atoms. The average Bonchev–Trinajstić information content (AvgIpc) is 2.53. The van der Waals surface area contributed by atoms with Crippen LogP contribution in [-0.4, -0.2) is 47.2 Å². The number of nitrogens with zero attached hydrogens (tertiary/aromatic N) is 1. The van der Waals surface area contributed by atoms with E-state index in [1.807, 2.05) is 0 Å². The summed E-state index contributed by atoms with van der Waals surface area (Å²) in [6.07, 6.45) is 1.83. The predicted octanol–water partition coefficient (Wildman–Crippen LogP) is -0.0787. The first kappa shape index (κ1) is 11.4. The molecule has 0 aromatic carbocycles. The van der Waals surface area contributed by atoms with Crippen LogP contribution in [0.2, 0.25) is 0 Å². The Morgan fingerprint density at radius 1 is 1.56 bits per heavy atom. The lowest BCUT2D eigenvalue weighted by Crippen LogP contribution is -2.40. The molecule has 0 unspecified atom stereocenters. The molecule has 1 amide bonds. The molecule has 5 nitrogen and oxygen atoms in total. The van der Waals surface area contributed by atoms with Gasteiger partial charge in [0.15, 0.2) is 5.92 Å². The quantitative estimate of drug-likeness (QED) is 0.529. The molecule has 0 radical (unpaired) electrons. The van der Waals surface area contributed by atoms with Crippen LogP contribution < -0.4 is 0 Å². The molecule has 0 aromatic rings. The number of carbonyl (C=O) groups excluding carboxylic acids is 2. The number of carbonyl (C=O) groups is 2. The van der Waals surface area contributed by atoms with E-state index in [0.717, 1.165) is 19.3 Å². The Kier molecular flexibility index (Phi) is 3.14. The molecule has 0 bridgehead atoms. The highest BCUT2D eigenvalue weighted by Crippen LogP contribution is 2.32. The third-order valence-corrected chi connectivity index (χ3v) is 3.37. The average molecular weight is 227 g/mol.